The fraction of sp³-hybridized carbons (Fsp3) is 0.176. The number of carbonyl (C=O) groups is 1. The monoisotopic (exact) mass is 391 g/mol. The van der Waals surface area contributed by atoms with Crippen LogP contribution in [0.3, 0.4) is 0 Å². The number of hydrogen-bond donors (Lipinski definition) is 1. The van der Waals surface area contributed by atoms with Gasteiger partial charge in [-0.2, -0.15) is 4.68 Å². The third-order valence-corrected chi connectivity index (χ3v) is 4.64. The molecule has 0 radical (unpaired) electrons. The molecule has 0 saturated carbocycles. The number of halogens is 2. The van der Waals surface area contributed by atoms with Crippen molar-refractivity contribution in [1.82, 2.24) is 20.2 Å². The Balaban J connectivity index is 1.56. The standard InChI is InChI=1S/C17H15ClFN5OS/c1-11-2-5-13(6-3-11)24-17(21-22-23-24)26-9-8-16(25)20-15-7-4-12(18)10-14(15)19/h2-7,10H,8-9H2,1H3,(H,20,25). The number of anilines is 1. The van der Waals surface area contributed by atoms with E-state index in [1.807, 2.05) is 31.2 Å². The molecule has 1 aromatic heterocycles. The fourth-order valence-corrected chi connectivity index (χ4v) is 3.14. The maximum Gasteiger partial charge on any atom is 0.225 e. The first-order chi connectivity index (χ1) is 12.5. The highest BCUT2D eigenvalue weighted by Crippen LogP contribution is 2.21. The molecule has 1 amide bonds. The minimum Gasteiger partial charge on any atom is -0.324 e. The highest BCUT2D eigenvalue weighted by Gasteiger charge is 2.11. The predicted molar refractivity (Wildman–Crippen MR) is 99.3 cm³/mol. The van der Waals surface area contributed by atoms with Crippen LogP contribution in [0.25, 0.3) is 5.69 Å². The van der Waals surface area contributed by atoms with Crippen LogP contribution in [-0.4, -0.2) is 31.9 Å². The third-order valence-electron chi connectivity index (χ3n) is 3.48. The number of thioether (sulfide) groups is 1. The summed E-state index contributed by atoms with van der Waals surface area (Å²) in [5.41, 5.74) is 2.09. The SMILES string of the molecule is Cc1ccc(-n2nnnc2SCCC(=O)Nc2ccc(Cl)cc2F)cc1. The van der Waals surface area contributed by atoms with E-state index in [9.17, 15) is 9.18 Å². The molecule has 0 aliphatic carbocycles. The van der Waals surface area contributed by atoms with Gasteiger partial charge in [-0.3, -0.25) is 4.79 Å². The lowest BCUT2D eigenvalue weighted by Gasteiger charge is -2.07. The Hall–Kier alpha value is -2.45. The molecule has 0 bridgehead atoms. The van der Waals surface area contributed by atoms with Crippen LogP contribution in [0.15, 0.2) is 47.6 Å². The Morgan fingerprint density at radius 1 is 1.27 bits per heavy atom. The van der Waals surface area contributed by atoms with E-state index >= 15 is 0 Å². The summed E-state index contributed by atoms with van der Waals surface area (Å²) in [7, 11) is 0. The van der Waals surface area contributed by atoms with E-state index in [0.29, 0.717) is 10.9 Å². The molecule has 9 heteroatoms. The first-order valence-corrected chi connectivity index (χ1v) is 9.12. The van der Waals surface area contributed by atoms with Crippen LogP contribution in [0.4, 0.5) is 10.1 Å². The van der Waals surface area contributed by atoms with Crippen LogP contribution >= 0.6 is 23.4 Å². The van der Waals surface area contributed by atoms with Gasteiger partial charge in [0.15, 0.2) is 0 Å². The molecule has 1 heterocycles. The molecule has 0 atom stereocenters. The Kier molecular flexibility index (Phi) is 5.85. The van der Waals surface area contributed by atoms with Crippen molar-refractivity contribution in [3.05, 3.63) is 58.9 Å². The van der Waals surface area contributed by atoms with E-state index in [1.54, 1.807) is 4.68 Å². The molecule has 0 unspecified atom stereocenters. The van der Waals surface area contributed by atoms with Crippen LogP contribution in [0, 0.1) is 12.7 Å². The minimum absolute atomic E-state index is 0.105. The van der Waals surface area contributed by atoms with Crippen molar-refractivity contribution in [3.8, 4) is 5.69 Å². The second-order valence-corrected chi connectivity index (χ2v) is 6.98. The molecule has 1 N–H and O–H groups in total. The predicted octanol–water partition coefficient (Wildman–Crippen LogP) is 3.88. The van der Waals surface area contributed by atoms with E-state index in [2.05, 4.69) is 20.8 Å². The molecular weight excluding hydrogens is 377 g/mol. The summed E-state index contributed by atoms with van der Waals surface area (Å²) in [6, 6.07) is 11.9. The lowest BCUT2D eigenvalue weighted by Crippen LogP contribution is -2.13. The number of carbonyl (C=O) groups excluding carboxylic acids is 1. The summed E-state index contributed by atoms with van der Waals surface area (Å²) in [6.45, 7) is 2.00. The number of benzene rings is 2. The van der Waals surface area contributed by atoms with Gasteiger partial charge < -0.3 is 5.32 Å². The molecule has 3 aromatic rings. The van der Waals surface area contributed by atoms with Crippen molar-refractivity contribution < 1.29 is 9.18 Å². The minimum atomic E-state index is -0.568. The molecular formula is C17H15ClFN5OS. The molecule has 0 aliphatic rings. The lowest BCUT2D eigenvalue weighted by molar-refractivity contribution is -0.115. The zero-order valence-corrected chi connectivity index (χ0v) is 15.4. The maximum atomic E-state index is 13.7. The highest BCUT2D eigenvalue weighted by molar-refractivity contribution is 7.99. The van der Waals surface area contributed by atoms with Crippen LogP contribution < -0.4 is 5.32 Å². The van der Waals surface area contributed by atoms with Crippen LogP contribution in [0.1, 0.15) is 12.0 Å². The molecule has 2 aromatic carbocycles. The molecule has 134 valence electrons. The fourth-order valence-electron chi connectivity index (χ4n) is 2.16. The van der Waals surface area contributed by atoms with Gasteiger partial charge in [0.2, 0.25) is 11.1 Å². The number of aryl methyl sites for hydroxylation is 1. The van der Waals surface area contributed by atoms with Crippen LogP contribution in [0.5, 0.6) is 0 Å². The number of nitrogens with one attached hydrogen (secondary N) is 1. The zero-order chi connectivity index (χ0) is 18.5. The third kappa shape index (κ3) is 4.59. The lowest BCUT2D eigenvalue weighted by atomic mass is 10.2. The van der Waals surface area contributed by atoms with Gasteiger partial charge in [-0.1, -0.05) is 41.1 Å². The molecule has 0 fully saturated rings. The largest absolute Gasteiger partial charge is 0.324 e. The summed E-state index contributed by atoms with van der Waals surface area (Å²) < 4.78 is 15.3. The van der Waals surface area contributed by atoms with Gasteiger partial charge in [0, 0.05) is 17.2 Å². The Morgan fingerprint density at radius 3 is 2.77 bits per heavy atom. The van der Waals surface area contributed by atoms with E-state index in [-0.39, 0.29) is 23.0 Å². The number of rotatable bonds is 6. The van der Waals surface area contributed by atoms with Gasteiger partial charge >= 0.3 is 0 Å². The molecule has 0 aliphatic heterocycles. The second-order valence-electron chi connectivity index (χ2n) is 5.48. The van der Waals surface area contributed by atoms with Gasteiger partial charge in [-0.15, -0.1) is 5.10 Å². The topological polar surface area (TPSA) is 72.7 Å². The number of hydrogen-bond acceptors (Lipinski definition) is 5. The van der Waals surface area contributed by atoms with Crippen LogP contribution in [0.2, 0.25) is 5.02 Å². The van der Waals surface area contributed by atoms with Gasteiger partial charge in [0.1, 0.15) is 5.82 Å². The van der Waals surface area contributed by atoms with E-state index in [4.69, 9.17) is 11.6 Å². The number of amides is 1. The van der Waals surface area contributed by atoms with E-state index in [0.717, 1.165) is 17.3 Å². The maximum absolute atomic E-state index is 13.7. The van der Waals surface area contributed by atoms with E-state index in [1.165, 1.54) is 23.9 Å². The summed E-state index contributed by atoms with van der Waals surface area (Å²) in [5, 5.41) is 15.0. The van der Waals surface area contributed by atoms with Crippen molar-refractivity contribution >= 4 is 35.0 Å². The van der Waals surface area contributed by atoms with Crippen molar-refractivity contribution in [3.63, 3.8) is 0 Å². The van der Waals surface area contributed by atoms with E-state index < -0.39 is 5.82 Å². The molecule has 0 spiro atoms. The zero-order valence-electron chi connectivity index (χ0n) is 13.8. The summed E-state index contributed by atoms with van der Waals surface area (Å²) in [5.74, 6) is -0.414. The Labute approximate surface area is 158 Å². The molecule has 0 saturated heterocycles. The smallest absolute Gasteiger partial charge is 0.225 e. The van der Waals surface area contributed by atoms with Crippen molar-refractivity contribution in [2.24, 2.45) is 0 Å². The first-order valence-electron chi connectivity index (χ1n) is 7.76. The van der Waals surface area contributed by atoms with Gasteiger partial charge in [0.25, 0.3) is 0 Å². The highest BCUT2D eigenvalue weighted by atomic mass is 35.5. The normalized spacial score (nSPS) is 10.7. The van der Waals surface area contributed by atoms with Crippen LogP contribution in [-0.2, 0) is 4.79 Å². The van der Waals surface area contributed by atoms with Gasteiger partial charge in [-0.05, 0) is 47.7 Å². The number of tetrazole rings is 1. The number of aromatic nitrogens is 4. The van der Waals surface area contributed by atoms with Crippen molar-refractivity contribution in [1.29, 1.82) is 0 Å². The summed E-state index contributed by atoms with van der Waals surface area (Å²) in [4.78, 5) is 12.0. The molecule has 26 heavy (non-hydrogen) atoms. The average molecular weight is 392 g/mol. The average Bonchev–Trinajstić information content (AvgIpc) is 3.06. The Bertz CT molecular complexity index is 916. The summed E-state index contributed by atoms with van der Waals surface area (Å²) >= 11 is 7.04. The quantitative estimate of drug-likeness (QED) is 0.645. The second kappa shape index (κ2) is 8.29. The van der Waals surface area contributed by atoms with Crippen molar-refractivity contribution in [2.45, 2.75) is 18.5 Å². The first kappa shape index (κ1) is 18.3. The van der Waals surface area contributed by atoms with Crippen molar-refractivity contribution in [2.75, 3.05) is 11.1 Å². The summed E-state index contributed by atoms with van der Waals surface area (Å²) in [6.07, 6.45) is 0.188. The Morgan fingerprint density at radius 2 is 2.04 bits per heavy atom. The van der Waals surface area contributed by atoms with Gasteiger partial charge in [0.05, 0.1) is 11.4 Å². The molecule has 3 rings (SSSR count). The number of nitrogens with zero attached hydrogens (tertiary/aromatic N) is 4. The van der Waals surface area contributed by atoms with Gasteiger partial charge in [-0.25, -0.2) is 4.39 Å². The molecule has 6 nitrogen and oxygen atoms in total.